The Labute approximate surface area is 183 Å². The lowest BCUT2D eigenvalue weighted by Gasteiger charge is -2.11. The van der Waals surface area contributed by atoms with Crippen LogP contribution in [0.25, 0.3) is 21.8 Å². The summed E-state index contributed by atoms with van der Waals surface area (Å²) in [6.45, 7) is 5.17. The van der Waals surface area contributed by atoms with E-state index in [9.17, 15) is 0 Å². The number of rotatable bonds is 6. The van der Waals surface area contributed by atoms with Gasteiger partial charge in [-0.2, -0.15) is 0 Å². The number of nitrogen functional groups attached to an aromatic ring is 1. The van der Waals surface area contributed by atoms with Crippen LogP contribution < -0.4 is 5.73 Å². The van der Waals surface area contributed by atoms with Crippen molar-refractivity contribution in [1.29, 1.82) is 0 Å². The first kappa shape index (κ1) is 19.6. The normalized spacial score (nSPS) is 14.0. The molecule has 0 atom stereocenters. The van der Waals surface area contributed by atoms with Gasteiger partial charge in [-0.25, -0.2) is 9.97 Å². The van der Waals surface area contributed by atoms with Gasteiger partial charge in [0.25, 0.3) is 0 Å². The van der Waals surface area contributed by atoms with E-state index in [1.165, 1.54) is 23.3 Å². The number of thioether (sulfide) groups is 1. The summed E-state index contributed by atoms with van der Waals surface area (Å²) in [4.78, 5) is 11.9. The van der Waals surface area contributed by atoms with Crippen LogP contribution in [0.2, 0.25) is 0 Å². The van der Waals surface area contributed by atoms with E-state index in [1.807, 2.05) is 12.1 Å². The van der Waals surface area contributed by atoms with E-state index in [0.29, 0.717) is 17.5 Å². The first-order chi connectivity index (χ1) is 14.6. The number of aromatic nitrogens is 5. The second-order valence-electron chi connectivity index (χ2n) is 7.99. The van der Waals surface area contributed by atoms with Crippen LogP contribution in [0, 0.1) is 5.92 Å². The lowest BCUT2D eigenvalue weighted by Crippen LogP contribution is -2.08. The van der Waals surface area contributed by atoms with E-state index in [-0.39, 0.29) is 0 Å². The van der Waals surface area contributed by atoms with Gasteiger partial charge in [-0.15, -0.1) is 21.5 Å². The fourth-order valence-electron chi connectivity index (χ4n) is 3.94. The molecule has 9 heteroatoms. The average Bonchev–Trinajstić information content (AvgIpc) is 3.44. The quantitative estimate of drug-likeness (QED) is 0.424. The molecule has 0 spiro atoms. The molecule has 0 saturated heterocycles. The minimum absolute atomic E-state index is 0.453. The van der Waals surface area contributed by atoms with E-state index in [4.69, 9.17) is 15.1 Å². The largest absolute Gasteiger partial charge is 0.461 e. The third kappa shape index (κ3) is 3.60. The molecule has 0 saturated carbocycles. The van der Waals surface area contributed by atoms with Gasteiger partial charge in [-0.05, 0) is 49.3 Å². The van der Waals surface area contributed by atoms with Crippen molar-refractivity contribution >= 4 is 39.1 Å². The van der Waals surface area contributed by atoms with Crippen LogP contribution in [0.4, 0.5) is 5.82 Å². The first-order valence-corrected chi connectivity index (χ1v) is 12.1. The lowest BCUT2D eigenvalue weighted by molar-refractivity contribution is 0.489. The summed E-state index contributed by atoms with van der Waals surface area (Å²) < 4.78 is 7.66. The Morgan fingerprint density at radius 3 is 2.90 bits per heavy atom. The molecule has 156 valence electrons. The number of hydrogen-bond acceptors (Lipinski definition) is 8. The molecule has 2 N–H and O–H groups in total. The van der Waals surface area contributed by atoms with Crippen molar-refractivity contribution in [3.63, 3.8) is 0 Å². The van der Waals surface area contributed by atoms with Gasteiger partial charge in [0.2, 0.25) is 0 Å². The molecule has 0 fully saturated rings. The number of nitrogens with two attached hydrogens (primary N) is 1. The predicted molar refractivity (Wildman–Crippen MR) is 121 cm³/mol. The van der Waals surface area contributed by atoms with Gasteiger partial charge in [0, 0.05) is 11.4 Å². The third-order valence-corrected chi connectivity index (χ3v) is 7.37. The number of aryl methyl sites for hydroxylation is 2. The minimum Gasteiger partial charge on any atom is -0.461 e. The minimum atomic E-state index is 0.453. The van der Waals surface area contributed by atoms with Crippen molar-refractivity contribution in [2.75, 3.05) is 5.73 Å². The molecule has 0 amide bonds. The van der Waals surface area contributed by atoms with Crippen LogP contribution in [0.1, 0.15) is 43.0 Å². The van der Waals surface area contributed by atoms with Crippen LogP contribution in [0.15, 0.2) is 28.0 Å². The molecule has 7 nitrogen and oxygen atoms in total. The maximum Gasteiger partial charge on any atom is 0.200 e. The summed E-state index contributed by atoms with van der Waals surface area (Å²) in [7, 11) is 0. The molecule has 4 heterocycles. The van der Waals surface area contributed by atoms with Crippen molar-refractivity contribution in [2.45, 2.75) is 57.0 Å². The molecule has 4 aromatic rings. The Balaban J connectivity index is 1.43. The summed E-state index contributed by atoms with van der Waals surface area (Å²) in [5.74, 6) is 3.86. The SMILES string of the molecule is CC(C)Cn1c(SCc2nc(N)c3c4c(sc3n2)CCCC4)nnc1-c1ccco1. The second kappa shape index (κ2) is 8.03. The van der Waals surface area contributed by atoms with Crippen LogP contribution >= 0.6 is 23.1 Å². The molecule has 0 bridgehead atoms. The zero-order valence-electron chi connectivity index (χ0n) is 17.1. The monoisotopic (exact) mass is 440 g/mol. The maximum absolute atomic E-state index is 6.36. The average molecular weight is 441 g/mol. The van der Waals surface area contributed by atoms with Gasteiger partial charge >= 0.3 is 0 Å². The molecule has 0 aliphatic heterocycles. The molecular weight excluding hydrogens is 416 g/mol. The number of thiophene rings is 1. The molecule has 1 aliphatic carbocycles. The van der Waals surface area contributed by atoms with Crippen LogP contribution in [0.5, 0.6) is 0 Å². The molecule has 1 aliphatic rings. The van der Waals surface area contributed by atoms with E-state index < -0.39 is 0 Å². The number of nitrogens with zero attached hydrogens (tertiary/aromatic N) is 5. The topological polar surface area (TPSA) is 95.7 Å². The number of fused-ring (bicyclic) bond motifs is 3. The zero-order chi connectivity index (χ0) is 20.7. The van der Waals surface area contributed by atoms with Crippen molar-refractivity contribution in [3.8, 4) is 11.6 Å². The molecule has 0 radical (unpaired) electrons. The van der Waals surface area contributed by atoms with Crippen LogP contribution in [-0.2, 0) is 25.1 Å². The highest BCUT2D eigenvalue weighted by molar-refractivity contribution is 7.98. The molecule has 4 aromatic heterocycles. The van der Waals surface area contributed by atoms with Gasteiger partial charge < -0.3 is 10.2 Å². The van der Waals surface area contributed by atoms with Crippen molar-refractivity contribution in [1.82, 2.24) is 24.7 Å². The van der Waals surface area contributed by atoms with E-state index >= 15 is 0 Å². The van der Waals surface area contributed by atoms with Crippen molar-refractivity contribution in [2.24, 2.45) is 5.92 Å². The fraction of sp³-hybridized carbons (Fsp3) is 0.429. The van der Waals surface area contributed by atoms with Gasteiger partial charge in [-0.3, -0.25) is 4.57 Å². The van der Waals surface area contributed by atoms with Crippen LogP contribution in [0.3, 0.4) is 0 Å². The van der Waals surface area contributed by atoms with Crippen LogP contribution in [-0.4, -0.2) is 24.7 Å². The summed E-state index contributed by atoms with van der Waals surface area (Å²) in [6.07, 6.45) is 6.35. The summed E-state index contributed by atoms with van der Waals surface area (Å²) in [6, 6.07) is 3.77. The lowest BCUT2D eigenvalue weighted by atomic mass is 9.97. The summed E-state index contributed by atoms with van der Waals surface area (Å²) >= 11 is 3.36. The van der Waals surface area contributed by atoms with Crippen molar-refractivity contribution in [3.05, 3.63) is 34.7 Å². The summed E-state index contributed by atoms with van der Waals surface area (Å²) in [5, 5.41) is 10.7. The Kier molecular flexibility index (Phi) is 5.24. The molecule has 30 heavy (non-hydrogen) atoms. The molecule has 5 rings (SSSR count). The Morgan fingerprint density at radius 1 is 1.23 bits per heavy atom. The number of anilines is 1. The second-order valence-corrected chi connectivity index (χ2v) is 10.0. The van der Waals surface area contributed by atoms with Gasteiger partial charge in [-0.1, -0.05) is 25.6 Å². The van der Waals surface area contributed by atoms with Crippen molar-refractivity contribution < 1.29 is 4.42 Å². The zero-order valence-corrected chi connectivity index (χ0v) is 18.7. The Hall–Kier alpha value is -2.39. The first-order valence-electron chi connectivity index (χ1n) is 10.3. The van der Waals surface area contributed by atoms with E-state index in [0.717, 1.165) is 52.2 Å². The van der Waals surface area contributed by atoms with Gasteiger partial charge in [0.15, 0.2) is 16.7 Å². The summed E-state index contributed by atoms with van der Waals surface area (Å²) in [5.41, 5.74) is 7.73. The standard InChI is InChI=1S/C21H24N6OS2/c1-12(2)10-27-19(14-7-5-9-28-14)25-26-21(27)29-11-16-23-18(22)17-13-6-3-4-8-15(13)30-20(17)24-16/h5,7,9,12H,3-4,6,8,10-11H2,1-2H3,(H2,22,23,24). The maximum atomic E-state index is 6.36. The highest BCUT2D eigenvalue weighted by Crippen LogP contribution is 2.38. The third-order valence-electron chi connectivity index (χ3n) is 5.23. The predicted octanol–water partition coefficient (Wildman–Crippen LogP) is 4.95. The Morgan fingerprint density at radius 2 is 2.10 bits per heavy atom. The number of furan rings is 1. The highest BCUT2D eigenvalue weighted by Gasteiger charge is 2.21. The number of hydrogen-bond donors (Lipinski definition) is 1. The highest BCUT2D eigenvalue weighted by atomic mass is 32.2. The molecule has 0 aromatic carbocycles. The van der Waals surface area contributed by atoms with E-state index in [2.05, 4.69) is 33.6 Å². The van der Waals surface area contributed by atoms with Gasteiger partial charge in [0.1, 0.15) is 16.5 Å². The fourth-order valence-corrected chi connectivity index (χ4v) is 6.03. The smallest absolute Gasteiger partial charge is 0.200 e. The molecular formula is C21H24N6OS2. The molecule has 0 unspecified atom stereocenters. The van der Waals surface area contributed by atoms with E-state index in [1.54, 1.807) is 29.4 Å². The Bertz CT molecular complexity index is 1180. The van der Waals surface area contributed by atoms with Gasteiger partial charge in [0.05, 0.1) is 17.4 Å².